The first kappa shape index (κ1) is 15.3. The summed E-state index contributed by atoms with van der Waals surface area (Å²) in [5.74, 6) is -0.895. The molecule has 1 aliphatic rings. The zero-order valence-electron chi connectivity index (χ0n) is 11.9. The number of hydrogen-bond acceptors (Lipinski definition) is 2. The van der Waals surface area contributed by atoms with Gasteiger partial charge in [-0.15, -0.1) is 0 Å². The summed E-state index contributed by atoms with van der Waals surface area (Å²) in [6, 6.07) is 6.33. The van der Waals surface area contributed by atoms with Gasteiger partial charge in [-0.05, 0) is 36.5 Å². The fraction of sp³-hybridized carbons (Fsp3) is 0.467. The van der Waals surface area contributed by atoms with E-state index in [1.165, 1.54) is 17.0 Å². The Morgan fingerprint density at radius 2 is 2.14 bits per heavy atom. The molecule has 21 heavy (non-hydrogen) atoms. The molecular formula is C15H19FN2O3. The van der Waals surface area contributed by atoms with Crippen LogP contribution < -0.4 is 5.32 Å². The van der Waals surface area contributed by atoms with Gasteiger partial charge < -0.3 is 15.3 Å². The van der Waals surface area contributed by atoms with Gasteiger partial charge in [0.2, 0.25) is 0 Å². The van der Waals surface area contributed by atoms with Crippen molar-refractivity contribution in [1.82, 2.24) is 10.2 Å². The molecule has 2 amide bonds. The van der Waals surface area contributed by atoms with Gasteiger partial charge in [0.05, 0.1) is 6.42 Å². The molecule has 6 heteroatoms. The Morgan fingerprint density at radius 3 is 2.76 bits per heavy atom. The lowest BCUT2D eigenvalue weighted by molar-refractivity contribution is -0.137. The Kier molecular flexibility index (Phi) is 4.77. The van der Waals surface area contributed by atoms with Gasteiger partial charge >= 0.3 is 12.0 Å². The normalized spacial score (nSPS) is 20.5. The van der Waals surface area contributed by atoms with Gasteiger partial charge in [0.1, 0.15) is 5.82 Å². The van der Waals surface area contributed by atoms with Crippen LogP contribution in [0.5, 0.6) is 0 Å². The summed E-state index contributed by atoms with van der Waals surface area (Å²) in [6.45, 7) is 0.182. The highest BCUT2D eigenvalue weighted by Crippen LogP contribution is 2.37. The quantitative estimate of drug-likeness (QED) is 0.874. The highest BCUT2D eigenvalue weighted by atomic mass is 19.1. The fourth-order valence-electron chi connectivity index (χ4n) is 2.42. The number of benzene rings is 1. The molecule has 5 nitrogen and oxygen atoms in total. The third-order valence-corrected chi connectivity index (χ3v) is 3.79. The molecule has 2 N–H and O–H groups in total. The van der Waals surface area contributed by atoms with Crippen LogP contribution in [-0.2, 0) is 4.79 Å². The molecule has 1 aromatic rings. The molecule has 0 saturated heterocycles. The Morgan fingerprint density at radius 1 is 1.43 bits per heavy atom. The third-order valence-electron chi connectivity index (χ3n) is 3.79. The summed E-state index contributed by atoms with van der Waals surface area (Å²) in [5.41, 5.74) is 0.958. The largest absolute Gasteiger partial charge is 0.481 e. The molecular weight excluding hydrogens is 275 g/mol. The second-order valence-corrected chi connectivity index (χ2v) is 5.44. The van der Waals surface area contributed by atoms with E-state index < -0.39 is 5.97 Å². The first-order chi connectivity index (χ1) is 9.95. The lowest BCUT2D eigenvalue weighted by Crippen LogP contribution is -2.48. The molecule has 0 heterocycles. The summed E-state index contributed by atoms with van der Waals surface area (Å²) >= 11 is 0. The molecule has 1 aromatic carbocycles. The Bertz CT molecular complexity index is 529. The van der Waals surface area contributed by atoms with Crippen LogP contribution in [0.3, 0.4) is 0 Å². The molecule has 2 rings (SSSR count). The van der Waals surface area contributed by atoms with E-state index in [4.69, 9.17) is 5.11 Å². The van der Waals surface area contributed by atoms with Crippen LogP contribution in [0.15, 0.2) is 24.3 Å². The van der Waals surface area contributed by atoms with E-state index >= 15 is 0 Å². The second kappa shape index (κ2) is 6.56. The maximum Gasteiger partial charge on any atom is 0.317 e. The number of aliphatic carboxylic acids is 1. The fourth-order valence-corrected chi connectivity index (χ4v) is 2.42. The van der Waals surface area contributed by atoms with Crippen molar-refractivity contribution < 1.29 is 19.1 Å². The van der Waals surface area contributed by atoms with Crippen molar-refractivity contribution in [2.24, 2.45) is 0 Å². The molecule has 1 aliphatic carbocycles. The smallest absolute Gasteiger partial charge is 0.317 e. The molecule has 0 unspecified atom stereocenters. The van der Waals surface area contributed by atoms with Gasteiger partial charge in [-0.2, -0.15) is 0 Å². The van der Waals surface area contributed by atoms with E-state index in [1.54, 1.807) is 13.1 Å². The molecule has 0 aromatic heterocycles. The van der Waals surface area contributed by atoms with E-state index in [2.05, 4.69) is 5.32 Å². The Balaban J connectivity index is 1.75. The van der Waals surface area contributed by atoms with Crippen LogP contribution in [0.1, 0.15) is 30.7 Å². The van der Waals surface area contributed by atoms with Crippen LogP contribution in [0.4, 0.5) is 9.18 Å². The highest BCUT2D eigenvalue weighted by molar-refractivity contribution is 5.75. The van der Waals surface area contributed by atoms with Crippen molar-refractivity contribution in [3.8, 4) is 0 Å². The maximum absolute atomic E-state index is 13.1. The van der Waals surface area contributed by atoms with E-state index in [0.29, 0.717) is 0 Å². The molecule has 0 bridgehead atoms. The summed E-state index contributed by atoms with van der Waals surface area (Å²) in [7, 11) is 1.57. The number of urea groups is 1. The zero-order chi connectivity index (χ0) is 15.4. The van der Waals surface area contributed by atoms with Crippen LogP contribution in [0.25, 0.3) is 0 Å². The third kappa shape index (κ3) is 4.18. The van der Waals surface area contributed by atoms with E-state index in [9.17, 15) is 14.0 Å². The number of carboxylic acids is 1. The van der Waals surface area contributed by atoms with Gasteiger partial charge in [0.15, 0.2) is 0 Å². The monoisotopic (exact) mass is 294 g/mol. The number of carbonyl (C=O) groups excluding carboxylic acids is 1. The first-order valence-electron chi connectivity index (χ1n) is 6.94. The predicted molar refractivity (Wildman–Crippen MR) is 75.6 cm³/mol. The number of carboxylic acid groups (broad SMARTS) is 1. The maximum atomic E-state index is 13.1. The van der Waals surface area contributed by atoms with Crippen molar-refractivity contribution in [2.75, 3.05) is 13.6 Å². The van der Waals surface area contributed by atoms with Crippen LogP contribution in [0.2, 0.25) is 0 Å². The van der Waals surface area contributed by atoms with Crippen LogP contribution >= 0.6 is 0 Å². The first-order valence-corrected chi connectivity index (χ1v) is 6.94. The highest BCUT2D eigenvalue weighted by Gasteiger charge is 2.32. The molecule has 0 aliphatic heterocycles. The molecule has 114 valence electrons. The van der Waals surface area contributed by atoms with Gasteiger partial charge in [-0.25, -0.2) is 9.18 Å². The average Bonchev–Trinajstić information content (AvgIpc) is 2.39. The summed E-state index contributed by atoms with van der Waals surface area (Å²) < 4.78 is 13.1. The lowest BCUT2D eigenvalue weighted by Gasteiger charge is -2.37. The standard InChI is InChI=1S/C15H19FN2O3/c1-18(6-5-14(19)20)15(21)17-13-8-11(9-13)10-3-2-4-12(16)7-10/h2-4,7,11,13H,5-6,8-9H2,1H3,(H,17,21)(H,19,20). The van der Waals surface area contributed by atoms with Crippen molar-refractivity contribution in [1.29, 1.82) is 0 Å². The average molecular weight is 294 g/mol. The number of rotatable bonds is 5. The van der Waals surface area contributed by atoms with Crippen LogP contribution in [0, 0.1) is 5.82 Å². The summed E-state index contributed by atoms with van der Waals surface area (Å²) in [4.78, 5) is 23.6. The molecule has 1 saturated carbocycles. The van der Waals surface area contributed by atoms with Crippen molar-refractivity contribution in [3.05, 3.63) is 35.6 Å². The van der Waals surface area contributed by atoms with Gasteiger partial charge in [-0.3, -0.25) is 4.79 Å². The molecule has 0 spiro atoms. The number of nitrogens with zero attached hydrogens (tertiary/aromatic N) is 1. The van der Waals surface area contributed by atoms with Crippen molar-refractivity contribution in [3.63, 3.8) is 0 Å². The molecule has 1 fully saturated rings. The zero-order valence-corrected chi connectivity index (χ0v) is 11.9. The lowest BCUT2D eigenvalue weighted by atomic mass is 9.76. The minimum Gasteiger partial charge on any atom is -0.481 e. The number of nitrogens with one attached hydrogen (secondary N) is 1. The van der Waals surface area contributed by atoms with Crippen LogP contribution in [-0.4, -0.2) is 41.6 Å². The van der Waals surface area contributed by atoms with E-state index in [0.717, 1.165) is 18.4 Å². The summed E-state index contributed by atoms with van der Waals surface area (Å²) in [6.07, 6.45) is 1.49. The van der Waals surface area contributed by atoms with Gasteiger partial charge in [0, 0.05) is 19.6 Å². The Hall–Kier alpha value is -2.11. The topological polar surface area (TPSA) is 69.6 Å². The predicted octanol–water partition coefficient (Wildman–Crippen LogP) is 2.19. The number of hydrogen-bond donors (Lipinski definition) is 2. The van der Waals surface area contributed by atoms with E-state index in [1.807, 2.05) is 6.07 Å². The number of halogens is 1. The minimum absolute atomic E-state index is 0.0676. The van der Waals surface area contributed by atoms with Gasteiger partial charge in [0.25, 0.3) is 0 Å². The number of amides is 2. The van der Waals surface area contributed by atoms with Crippen molar-refractivity contribution >= 4 is 12.0 Å². The van der Waals surface area contributed by atoms with Gasteiger partial charge in [-0.1, -0.05) is 12.1 Å². The Labute approximate surface area is 122 Å². The SMILES string of the molecule is CN(CCC(=O)O)C(=O)NC1CC(c2cccc(F)c2)C1. The second-order valence-electron chi connectivity index (χ2n) is 5.44. The molecule has 0 radical (unpaired) electrons. The minimum atomic E-state index is -0.926. The molecule has 0 atom stereocenters. The number of carbonyl (C=O) groups is 2. The van der Waals surface area contributed by atoms with E-state index in [-0.39, 0.29) is 36.8 Å². The summed E-state index contributed by atoms with van der Waals surface area (Å²) in [5, 5.41) is 11.4. The van der Waals surface area contributed by atoms with Crippen molar-refractivity contribution in [2.45, 2.75) is 31.2 Å².